The summed E-state index contributed by atoms with van der Waals surface area (Å²) in [5.41, 5.74) is 1.82. The molecule has 10 heteroatoms. The molecule has 0 amide bonds. The van der Waals surface area contributed by atoms with Crippen LogP contribution in [0.25, 0.3) is 11.1 Å². The van der Waals surface area contributed by atoms with Crippen molar-refractivity contribution in [3.05, 3.63) is 88.7 Å². The smallest absolute Gasteiger partial charge is 0.478 e. The molecule has 3 N–H and O–H groups in total. The van der Waals surface area contributed by atoms with E-state index in [4.69, 9.17) is 4.74 Å². The van der Waals surface area contributed by atoms with Crippen LogP contribution in [0.4, 0.5) is 17.6 Å². The van der Waals surface area contributed by atoms with Crippen molar-refractivity contribution < 1.29 is 42.0 Å². The Morgan fingerprint density at radius 2 is 1.75 bits per heavy atom. The van der Waals surface area contributed by atoms with Crippen molar-refractivity contribution in [2.45, 2.75) is 58.2 Å². The summed E-state index contributed by atoms with van der Waals surface area (Å²) >= 11 is 0. The number of alkyl halides is 3. The lowest BCUT2D eigenvalue weighted by molar-refractivity contribution is -0.274. The van der Waals surface area contributed by atoms with Crippen LogP contribution >= 0.6 is 0 Å². The largest absolute Gasteiger partial charge is 0.573 e. The molecule has 0 heterocycles. The maximum Gasteiger partial charge on any atom is 0.573 e. The first-order valence-corrected chi connectivity index (χ1v) is 12.7. The topological polar surface area (TPSA) is 88.0 Å². The fourth-order valence-corrected chi connectivity index (χ4v) is 4.31. The second-order valence-electron chi connectivity index (χ2n) is 10.3. The Bertz CT molecular complexity index is 1330. The Kier molecular flexibility index (Phi) is 9.94. The van der Waals surface area contributed by atoms with Gasteiger partial charge in [0.2, 0.25) is 0 Å². The average Bonchev–Trinajstić information content (AvgIpc) is 2.87. The minimum atomic E-state index is -5.06. The van der Waals surface area contributed by atoms with Gasteiger partial charge in [-0.3, -0.25) is 0 Å². The third kappa shape index (κ3) is 8.77. The number of carbonyl (C=O) groups is 1. The van der Waals surface area contributed by atoms with E-state index >= 15 is 0 Å². The fourth-order valence-electron chi connectivity index (χ4n) is 4.31. The molecule has 0 saturated heterocycles. The predicted molar refractivity (Wildman–Crippen MR) is 143 cm³/mol. The highest BCUT2D eigenvalue weighted by Gasteiger charge is 2.33. The van der Waals surface area contributed by atoms with Crippen molar-refractivity contribution in [2.24, 2.45) is 0 Å². The molecule has 0 bridgehead atoms. The number of β-amino-alcohol motifs (C(OH)–C–C–N with tert-alkyl or cyclic N) is 1. The number of ether oxygens (including phenoxy) is 2. The maximum absolute atomic E-state index is 13.9. The zero-order valence-electron chi connectivity index (χ0n) is 22.7. The van der Waals surface area contributed by atoms with Crippen LogP contribution in [0.15, 0.2) is 60.7 Å². The van der Waals surface area contributed by atoms with Gasteiger partial charge in [0.05, 0.1) is 18.8 Å². The van der Waals surface area contributed by atoms with E-state index in [0.29, 0.717) is 28.7 Å². The number of aryl methyl sites for hydroxylation is 1. The first kappa shape index (κ1) is 31.1. The van der Waals surface area contributed by atoms with Crippen LogP contribution < -0.4 is 10.1 Å². The molecule has 0 radical (unpaired) electrons. The molecule has 0 spiro atoms. The number of aliphatic hydroxyl groups excluding tert-OH is 1. The van der Waals surface area contributed by atoms with Crippen molar-refractivity contribution in [1.82, 2.24) is 5.32 Å². The molecule has 0 aliphatic carbocycles. The summed E-state index contributed by atoms with van der Waals surface area (Å²) in [5, 5.41) is 23.1. The maximum atomic E-state index is 13.9. The van der Waals surface area contributed by atoms with E-state index in [9.17, 15) is 32.6 Å². The summed E-state index contributed by atoms with van der Waals surface area (Å²) in [5.74, 6) is -2.64. The molecule has 0 aliphatic heterocycles. The van der Waals surface area contributed by atoms with E-state index in [-0.39, 0.29) is 19.0 Å². The second kappa shape index (κ2) is 12.8. The van der Waals surface area contributed by atoms with E-state index < -0.39 is 41.4 Å². The Labute approximate surface area is 230 Å². The van der Waals surface area contributed by atoms with E-state index in [0.717, 1.165) is 17.7 Å². The standard InChI is InChI=1S/C30H33F4NO5/c1-18-9-10-20(13-26(18)31)15-29(3,4)35-16-22(36)17-39-19(2)23-7-5-6-8-24(23)21-11-12-25(28(37)38)27(14-21)40-30(32,33)34/h5-14,19,22,35-36H,15-17H2,1-4H3,(H,37,38)/t19?,22-/m1/s1. The van der Waals surface area contributed by atoms with Crippen LogP contribution in [-0.2, 0) is 11.2 Å². The van der Waals surface area contributed by atoms with E-state index in [1.807, 2.05) is 19.9 Å². The lowest BCUT2D eigenvalue weighted by atomic mass is 9.94. The zero-order chi connectivity index (χ0) is 29.7. The molecule has 1 unspecified atom stereocenters. The van der Waals surface area contributed by atoms with Crippen molar-refractivity contribution in [3.8, 4) is 16.9 Å². The van der Waals surface area contributed by atoms with Gasteiger partial charge in [0.1, 0.15) is 17.1 Å². The van der Waals surface area contributed by atoms with Crippen LogP contribution in [0.1, 0.15) is 53.9 Å². The molecular formula is C30H33F4NO5. The van der Waals surface area contributed by atoms with Gasteiger partial charge in [-0.15, -0.1) is 13.2 Å². The molecule has 0 fully saturated rings. The molecule has 0 aliphatic rings. The van der Waals surface area contributed by atoms with E-state index in [1.165, 1.54) is 12.1 Å². The summed E-state index contributed by atoms with van der Waals surface area (Å²) < 4.78 is 62.5. The van der Waals surface area contributed by atoms with Gasteiger partial charge in [-0.05, 0) is 80.1 Å². The van der Waals surface area contributed by atoms with Crippen molar-refractivity contribution in [3.63, 3.8) is 0 Å². The van der Waals surface area contributed by atoms with Gasteiger partial charge in [0.15, 0.2) is 0 Å². The average molecular weight is 564 g/mol. The Hall–Kier alpha value is -3.47. The lowest BCUT2D eigenvalue weighted by Gasteiger charge is -2.28. The number of carboxylic acids is 1. The molecule has 3 rings (SSSR count). The first-order chi connectivity index (χ1) is 18.6. The fraction of sp³-hybridized carbons (Fsp3) is 0.367. The summed E-state index contributed by atoms with van der Waals surface area (Å²) in [4.78, 5) is 11.4. The van der Waals surface area contributed by atoms with Crippen LogP contribution in [-0.4, -0.2) is 47.3 Å². The normalized spacial score (nSPS) is 13.6. The van der Waals surface area contributed by atoms with Gasteiger partial charge in [-0.1, -0.05) is 42.5 Å². The zero-order valence-corrected chi connectivity index (χ0v) is 22.7. The molecule has 40 heavy (non-hydrogen) atoms. The molecule has 0 saturated carbocycles. The highest BCUT2D eigenvalue weighted by molar-refractivity contribution is 5.92. The second-order valence-corrected chi connectivity index (χ2v) is 10.3. The number of aliphatic hydroxyl groups is 1. The third-order valence-corrected chi connectivity index (χ3v) is 6.38. The summed E-state index contributed by atoms with van der Waals surface area (Å²) in [7, 11) is 0. The molecule has 2 atom stereocenters. The van der Waals surface area contributed by atoms with Gasteiger partial charge in [-0.25, -0.2) is 9.18 Å². The molecule has 3 aromatic rings. The number of hydrogen-bond acceptors (Lipinski definition) is 5. The first-order valence-electron chi connectivity index (χ1n) is 12.7. The highest BCUT2D eigenvalue weighted by Crippen LogP contribution is 2.35. The van der Waals surface area contributed by atoms with E-state index in [1.54, 1.807) is 44.2 Å². The number of halogens is 4. The highest BCUT2D eigenvalue weighted by atomic mass is 19.4. The molecule has 216 valence electrons. The third-order valence-electron chi connectivity index (χ3n) is 6.38. The van der Waals surface area contributed by atoms with Gasteiger partial charge >= 0.3 is 12.3 Å². The SMILES string of the molecule is Cc1ccc(CC(C)(C)NC[C@@H](O)COC(C)c2ccccc2-c2ccc(C(=O)O)c(OC(F)(F)F)c2)cc1F. The minimum absolute atomic E-state index is 0.0296. The number of rotatable bonds is 12. The molecular weight excluding hydrogens is 530 g/mol. The van der Waals surface area contributed by atoms with Crippen LogP contribution in [0.2, 0.25) is 0 Å². The summed E-state index contributed by atoms with van der Waals surface area (Å²) in [6.45, 7) is 7.52. The van der Waals surface area contributed by atoms with Gasteiger partial charge in [0, 0.05) is 12.1 Å². The number of nitrogens with one attached hydrogen (secondary N) is 1. The quantitative estimate of drug-likeness (QED) is 0.220. The lowest BCUT2D eigenvalue weighted by Crippen LogP contribution is -2.46. The predicted octanol–water partition coefficient (Wildman–Crippen LogP) is 6.45. The van der Waals surface area contributed by atoms with E-state index in [2.05, 4.69) is 10.1 Å². The van der Waals surface area contributed by atoms with Crippen molar-refractivity contribution >= 4 is 5.97 Å². The van der Waals surface area contributed by atoms with Gasteiger partial charge < -0.3 is 25.0 Å². The number of carboxylic acid groups (broad SMARTS) is 1. The minimum Gasteiger partial charge on any atom is -0.478 e. The van der Waals surface area contributed by atoms with Gasteiger partial charge in [-0.2, -0.15) is 0 Å². The number of benzene rings is 3. The Morgan fingerprint density at radius 3 is 2.40 bits per heavy atom. The van der Waals surface area contributed by atoms with Crippen LogP contribution in [0.5, 0.6) is 5.75 Å². The van der Waals surface area contributed by atoms with Crippen LogP contribution in [0.3, 0.4) is 0 Å². The Morgan fingerprint density at radius 1 is 1.05 bits per heavy atom. The van der Waals surface area contributed by atoms with Crippen molar-refractivity contribution in [1.29, 1.82) is 0 Å². The van der Waals surface area contributed by atoms with Crippen molar-refractivity contribution in [2.75, 3.05) is 13.2 Å². The molecule has 6 nitrogen and oxygen atoms in total. The molecule has 0 aromatic heterocycles. The monoisotopic (exact) mass is 563 g/mol. The van der Waals surface area contributed by atoms with Gasteiger partial charge in [0.25, 0.3) is 0 Å². The van der Waals surface area contributed by atoms with Crippen LogP contribution in [0, 0.1) is 12.7 Å². The number of hydrogen-bond donors (Lipinski definition) is 3. The summed E-state index contributed by atoms with van der Waals surface area (Å²) in [6.07, 6.45) is -5.94. The molecule has 3 aromatic carbocycles. The number of aromatic carboxylic acids is 1. The Balaban J connectivity index is 1.66. The summed E-state index contributed by atoms with van der Waals surface area (Å²) in [6, 6.07) is 15.5.